The third-order valence-electron chi connectivity index (χ3n) is 3.50. The number of hydrogen-bond acceptors (Lipinski definition) is 7. The lowest BCUT2D eigenvalue weighted by Gasteiger charge is -2.07. The van der Waals surface area contributed by atoms with Crippen LogP contribution in [0.25, 0.3) is 0 Å². The number of hydrogen-bond donors (Lipinski definition) is 1. The van der Waals surface area contributed by atoms with E-state index in [9.17, 15) is 13.6 Å². The summed E-state index contributed by atoms with van der Waals surface area (Å²) in [5.74, 6) is 0.236. The quantitative estimate of drug-likeness (QED) is 0.643. The summed E-state index contributed by atoms with van der Waals surface area (Å²) >= 11 is 1.19. The van der Waals surface area contributed by atoms with Gasteiger partial charge in [-0.05, 0) is 24.3 Å². The largest absolute Gasteiger partial charge is 0.586 e. The zero-order valence-corrected chi connectivity index (χ0v) is 14.4. The molecule has 1 N–H and O–H groups in total. The van der Waals surface area contributed by atoms with Crippen LogP contribution in [0.2, 0.25) is 0 Å². The van der Waals surface area contributed by atoms with Crippen LogP contribution in [0.3, 0.4) is 0 Å². The van der Waals surface area contributed by atoms with Gasteiger partial charge in [0.05, 0.1) is 18.6 Å². The molecular formula is C16H12F2N4O4S. The van der Waals surface area contributed by atoms with Crippen LogP contribution in [0.5, 0.6) is 11.5 Å². The monoisotopic (exact) mass is 394 g/mol. The van der Waals surface area contributed by atoms with Gasteiger partial charge in [0.25, 0.3) is 0 Å². The minimum Gasteiger partial charge on any atom is -0.467 e. The van der Waals surface area contributed by atoms with E-state index in [1.54, 1.807) is 23.2 Å². The summed E-state index contributed by atoms with van der Waals surface area (Å²) in [5.41, 5.74) is 0.317. The maximum absolute atomic E-state index is 13.0. The first kappa shape index (κ1) is 17.3. The van der Waals surface area contributed by atoms with E-state index in [4.69, 9.17) is 4.42 Å². The number of anilines is 1. The topological polar surface area (TPSA) is 91.4 Å². The minimum atomic E-state index is -3.70. The number of nitrogens with one attached hydrogen (secondary N) is 1. The van der Waals surface area contributed by atoms with Crippen molar-refractivity contribution in [1.82, 2.24) is 14.8 Å². The molecule has 1 aliphatic rings. The van der Waals surface area contributed by atoms with E-state index in [1.807, 2.05) is 6.07 Å². The number of nitrogens with zero attached hydrogens (tertiary/aromatic N) is 3. The number of halogens is 2. The molecule has 2 aromatic heterocycles. The first-order chi connectivity index (χ1) is 13.0. The number of rotatable bonds is 6. The number of amides is 1. The summed E-state index contributed by atoms with van der Waals surface area (Å²) in [6.45, 7) is 0.445. The van der Waals surface area contributed by atoms with Crippen LogP contribution in [-0.2, 0) is 11.3 Å². The van der Waals surface area contributed by atoms with Gasteiger partial charge in [-0.2, -0.15) is 0 Å². The van der Waals surface area contributed by atoms with Gasteiger partial charge in [0.2, 0.25) is 5.91 Å². The molecule has 0 saturated heterocycles. The molecule has 1 aliphatic heterocycles. The first-order valence-corrected chi connectivity index (χ1v) is 8.70. The predicted octanol–water partition coefficient (Wildman–Crippen LogP) is 2.97. The number of thioether (sulfide) groups is 1. The maximum atomic E-state index is 13.0. The Kier molecular flexibility index (Phi) is 4.44. The SMILES string of the molecule is O=C(CSc1nncn1Cc1ccco1)Nc1ccc2c(c1)OC(F)(F)O2. The van der Waals surface area contributed by atoms with Crippen LogP contribution >= 0.6 is 11.8 Å². The van der Waals surface area contributed by atoms with Gasteiger partial charge >= 0.3 is 6.29 Å². The molecule has 0 fully saturated rings. The third-order valence-corrected chi connectivity index (χ3v) is 4.48. The summed E-state index contributed by atoms with van der Waals surface area (Å²) < 4.78 is 41.7. The van der Waals surface area contributed by atoms with Crippen molar-refractivity contribution in [2.45, 2.75) is 18.0 Å². The normalized spacial score (nSPS) is 14.3. The second-order valence-corrected chi connectivity index (χ2v) is 6.43. The van der Waals surface area contributed by atoms with E-state index in [0.717, 1.165) is 5.76 Å². The molecule has 8 nitrogen and oxygen atoms in total. The van der Waals surface area contributed by atoms with Crippen LogP contribution in [0, 0.1) is 0 Å². The van der Waals surface area contributed by atoms with E-state index in [2.05, 4.69) is 25.0 Å². The van der Waals surface area contributed by atoms with Crippen molar-refractivity contribution in [3.63, 3.8) is 0 Å². The molecule has 0 radical (unpaired) electrons. The predicted molar refractivity (Wildman–Crippen MR) is 89.8 cm³/mol. The molecule has 4 rings (SSSR count). The smallest absolute Gasteiger partial charge is 0.467 e. The van der Waals surface area contributed by atoms with E-state index in [-0.39, 0.29) is 23.2 Å². The van der Waals surface area contributed by atoms with E-state index >= 15 is 0 Å². The Labute approximate surface area is 155 Å². The zero-order valence-electron chi connectivity index (χ0n) is 13.6. The van der Waals surface area contributed by atoms with Gasteiger partial charge in [-0.15, -0.1) is 19.0 Å². The summed E-state index contributed by atoms with van der Waals surface area (Å²) in [6.07, 6.45) is -0.582. The van der Waals surface area contributed by atoms with Crippen LogP contribution in [0.4, 0.5) is 14.5 Å². The Morgan fingerprint density at radius 2 is 2.11 bits per heavy atom. The Morgan fingerprint density at radius 1 is 1.26 bits per heavy atom. The number of benzene rings is 1. The van der Waals surface area contributed by atoms with Crippen molar-refractivity contribution < 1.29 is 27.5 Å². The zero-order chi connectivity index (χ0) is 18.9. The van der Waals surface area contributed by atoms with Gasteiger partial charge in [-0.25, -0.2) is 0 Å². The van der Waals surface area contributed by atoms with Crippen LogP contribution in [-0.4, -0.2) is 32.7 Å². The van der Waals surface area contributed by atoms with Crippen molar-refractivity contribution in [2.24, 2.45) is 0 Å². The molecule has 140 valence electrons. The van der Waals surface area contributed by atoms with Crippen LogP contribution in [0.1, 0.15) is 5.76 Å². The highest BCUT2D eigenvalue weighted by Gasteiger charge is 2.43. The molecule has 3 aromatic rings. The van der Waals surface area contributed by atoms with Gasteiger partial charge in [0.15, 0.2) is 16.7 Å². The highest BCUT2D eigenvalue weighted by atomic mass is 32.2. The second-order valence-electron chi connectivity index (χ2n) is 5.49. The lowest BCUT2D eigenvalue weighted by molar-refractivity contribution is -0.286. The molecule has 11 heteroatoms. The standard InChI is InChI=1S/C16H12F2N4O4S/c17-16(18)25-12-4-3-10(6-13(12)26-16)20-14(23)8-27-15-21-19-9-22(15)7-11-2-1-5-24-11/h1-6,9H,7-8H2,(H,20,23). The summed E-state index contributed by atoms with van der Waals surface area (Å²) in [6, 6.07) is 7.63. The van der Waals surface area contributed by atoms with Crippen molar-refractivity contribution in [3.8, 4) is 11.5 Å². The fraction of sp³-hybridized carbons (Fsp3) is 0.188. The number of carbonyl (C=O) groups is 1. The number of alkyl halides is 2. The van der Waals surface area contributed by atoms with Gasteiger partial charge < -0.3 is 23.8 Å². The van der Waals surface area contributed by atoms with Gasteiger partial charge in [-0.3, -0.25) is 4.79 Å². The minimum absolute atomic E-state index is 0.0570. The Bertz CT molecular complexity index is 961. The Balaban J connectivity index is 1.34. The van der Waals surface area contributed by atoms with E-state index < -0.39 is 6.29 Å². The number of furan rings is 1. The summed E-state index contributed by atoms with van der Waals surface area (Å²) in [4.78, 5) is 12.1. The van der Waals surface area contributed by atoms with Crippen LogP contribution in [0.15, 0.2) is 52.5 Å². The first-order valence-electron chi connectivity index (χ1n) is 7.71. The lowest BCUT2D eigenvalue weighted by atomic mass is 10.3. The fourth-order valence-corrected chi connectivity index (χ4v) is 3.10. The maximum Gasteiger partial charge on any atom is 0.586 e. The molecule has 0 bridgehead atoms. The second kappa shape index (κ2) is 6.91. The average molecular weight is 394 g/mol. The summed E-state index contributed by atoms with van der Waals surface area (Å²) in [7, 11) is 0. The molecule has 0 aliphatic carbocycles. The Hall–Kier alpha value is -3.08. The number of ether oxygens (including phenoxy) is 2. The van der Waals surface area contributed by atoms with Crippen molar-refractivity contribution >= 4 is 23.4 Å². The van der Waals surface area contributed by atoms with Gasteiger partial charge in [0, 0.05) is 11.8 Å². The van der Waals surface area contributed by atoms with Crippen molar-refractivity contribution in [1.29, 1.82) is 0 Å². The Morgan fingerprint density at radius 3 is 2.93 bits per heavy atom. The molecule has 27 heavy (non-hydrogen) atoms. The van der Waals surface area contributed by atoms with Gasteiger partial charge in [0.1, 0.15) is 12.1 Å². The van der Waals surface area contributed by atoms with E-state index in [0.29, 0.717) is 17.4 Å². The molecular weight excluding hydrogens is 382 g/mol. The fourth-order valence-electron chi connectivity index (χ4n) is 2.39. The molecule has 3 heterocycles. The number of carbonyl (C=O) groups excluding carboxylic acids is 1. The van der Waals surface area contributed by atoms with Crippen LogP contribution < -0.4 is 14.8 Å². The van der Waals surface area contributed by atoms with Gasteiger partial charge in [-0.1, -0.05) is 11.8 Å². The molecule has 1 amide bonds. The third kappa shape index (κ3) is 4.03. The molecule has 0 spiro atoms. The highest BCUT2D eigenvalue weighted by Crippen LogP contribution is 2.42. The molecule has 0 saturated carbocycles. The number of fused-ring (bicyclic) bond motifs is 1. The van der Waals surface area contributed by atoms with Crippen molar-refractivity contribution in [3.05, 3.63) is 48.7 Å². The summed E-state index contributed by atoms with van der Waals surface area (Å²) in [5, 5.41) is 11.0. The number of aromatic nitrogens is 3. The molecule has 0 unspecified atom stereocenters. The van der Waals surface area contributed by atoms with Crippen molar-refractivity contribution in [2.75, 3.05) is 11.1 Å². The molecule has 1 aromatic carbocycles. The highest BCUT2D eigenvalue weighted by molar-refractivity contribution is 7.99. The molecule has 0 atom stereocenters. The van der Waals surface area contributed by atoms with E-state index in [1.165, 1.54) is 30.0 Å². The lowest BCUT2D eigenvalue weighted by Crippen LogP contribution is -2.25. The average Bonchev–Trinajstić information content (AvgIpc) is 3.32.